The second kappa shape index (κ2) is 6.35. The molecule has 0 aliphatic carbocycles. The monoisotopic (exact) mass is 320 g/mol. The summed E-state index contributed by atoms with van der Waals surface area (Å²) in [5, 5.41) is 13.0. The van der Waals surface area contributed by atoms with Crippen LogP contribution < -0.4 is 5.32 Å². The van der Waals surface area contributed by atoms with Crippen LogP contribution in [0.2, 0.25) is 0 Å². The van der Waals surface area contributed by atoms with Crippen molar-refractivity contribution in [1.82, 2.24) is 0 Å². The number of sulfone groups is 1. The second-order valence-corrected chi connectivity index (χ2v) is 6.42. The molecule has 0 fully saturated rings. The van der Waals surface area contributed by atoms with Gasteiger partial charge in [-0.2, -0.15) is 0 Å². The number of carbonyl (C=O) groups is 1. The van der Waals surface area contributed by atoms with Crippen molar-refractivity contribution in [3.8, 4) is 0 Å². The summed E-state index contributed by atoms with van der Waals surface area (Å²) in [5.41, 5.74) is -0.0221. The van der Waals surface area contributed by atoms with E-state index in [2.05, 4.69) is 5.32 Å². The zero-order valence-corrected chi connectivity index (χ0v) is 12.1. The lowest BCUT2D eigenvalue weighted by Crippen LogP contribution is -2.23. The van der Waals surface area contributed by atoms with Gasteiger partial charge in [-0.1, -0.05) is 24.3 Å². The van der Waals surface area contributed by atoms with E-state index in [1.165, 1.54) is 30.3 Å². The van der Waals surface area contributed by atoms with Crippen LogP contribution in [0.25, 0.3) is 0 Å². The fraction of sp³-hybridized carbons (Fsp3) is 0.0714. The highest BCUT2D eigenvalue weighted by Gasteiger charge is 2.19. The van der Waals surface area contributed by atoms with E-state index in [0.717, 1.165) is 6.07 Å². The Morgan fingerprint density at radius 1 is 1.09 bits per heavy atom. The zero-order valence-electron chi connectivity index (χ0n) is 11.3. The predicted molar refractivity (Wildman–Crippen MR) is 80.2 cm³/mol. The molecule has 1 N–H and O–H groups in total. The molecule has 0 saturated heterocycles. The number of nitrogens with zero attached hydrogens (tertiary/aromatic N) is 1. The summed E-state index contributed by atoms with van der Waals surface area (Å²) in [7, 11) is -3.75. The van der Waals surface area contributed by atoms with Gasteiger partial charge in [-0.3, -0.25) is 14.9 Å². The summed E-state index contributed by atoms with van der Waals surface area (Å²) in [6.45, 7) is 0. The molecular formula is C14H12N2O5S. The molecule has 0 spiro atoms. The summed E-state index contributed by atoms with van der Waals surface area (Å²) in [4.78, 5) is 21.9. The largest absolute Gasteiger partial charge is 0.325 e. The molecule has 22 heavy (non-hydrogen) atoms. The highest BCUT2D eigenvalue weighted by molar-refractivity contribution is 7.92. The van der Waals surface area contributed by atoms with Crippen molar-refractivity contribution in [1.29, 1.82) is 0 Å². The van der Waals surface area contributed by atoms with Gasteiger partial charge in [-0.15, -0.1) is 0 Å². The number of carbonyl (C=O) groups excluding carboxylic acids is 1. The maximum absolute atomic E-state index is 12.0. The molecule has 0 aliphatic heterocycles. The first-order valence-electron chi connectivity index (χ1n) is 6.20. The summed E-state index contributed by atoms with van der Waals surface area (Å²) >= 11 is 0. The average molecular weight is 320 g/mol. The van der Waals surface area contributed by atoms with Crippen LogP contribution in [-0.4, -0.2) is 25.0 Å². The minimum absolute atomic E-state index is 0.0455. The molecule has 7 nitrogen and oxygen atoms in total. The van der Waals surface area contributed by atoms with E-state index in [1.54, 1.807) is 18.2 Å². The number of hydrogen-bond donors (Lipinski definition) is 1. The third-order valence-electron chi connectivity index (χ3n) is 2.76. The minimum atomic E-state index is -3.75. The minimum Gasteiger partial charge on any atom is -0.325 e. The molecule has 0 atom stereocenters. The fourth-order valence-corrected chi connectivity index (χ4v) is 2.93. The van der Waals surface area contributed by atoms with Crippen LogP contribution in [0.3, 0.4) is 0 Å². The van der Waals surface area contributed by atoms with E-state index in [0.29, 0.717) is 0 Å². The van der Waals surface area contributed by atoms with E-state index in [9.17, 15) is 23.3 Å². The Balaban J connectivity index is 2.10. The highest BCUT2D eigenvalue weighted by atomic mass is 32.2. The molecule has 114 valence electrons. The number of nitro benzene ring substituents is 1. The number of nitrogens with one attached hydrogen (secondary N) is 1. The molecule has 2 aromatic rings. The standard InChI is InChI=1S/C14H12N2O5S/c17-14(10-22(20,21)13-7-2-1-3-8-13)15-11-5-4-6-12(9-11)16(18)19/h1-9H,10H2,(H,15,17). The summed E-state index contributed by atoms with van der Waals surface area (Å²) in [6.07, 6.45) is 0. The van der Waals surface area contributed by atoms with Crippen molar-refractivity contribution < 1.29 is 18.1 Å². The zero-order chi connectivity index (χ0) is 16.2. The lowest BCUT2D eigenvalue weighted by molar-refractivity contribution is -0.384. The van der Waals surface area contributed by atoms with Gasteiger partial charge in [-0.05, 0) is 18.2 Å². The van der Waals surface area contributed by atoms with Crippen LogP contribution in [0.15, 0.2) is 59.5 Å². The lowest BCUT2D eigenvalue weighted by atomic mass is 10.3. The van der Waals surface area contributed by atoms with Crippen LogP contribution in [0, 0.1) is 10.1 Å². The number of nitro groups is 1. The summed E-state index contributed by atoms with van der Waals surface area (Å²) in [5.74, 6) is -1.50. The van der Waals surface area contributed by atoms with E-state index < -0.39 is 26.4 Å². The molecule has 0 saturated carbocycles. The Hall–Kier alpha value is -2.74. The first kappa shape index (κ1) is 15.6. The molecule has 0 aromatic heterocycles. The van der Waals surface area contributed by atoms with E-state index in [-0.39, 0.29) is 16.3 Å². The molecule has 1 amide bonds. The number of non-ortho nitro benzene ring substituents is 1. The maximum Gasteiger partial charge on any atom is 0.271 e. The van der Waals surface area contributed by atoms with Gasteiger partial charge >= 0.3 is 0 Å². The predicted octanol–water partition coefficient (Wildman–Crippen LogP) is 2.01. The van der Waals surface area contributed by atoms with Crippen LogP contribution in [-0.2, 0) is 14.6 Å². The van der Waals surface area contributed by atoms with Gasteiger partial charge in [0.1, 0.15) is 5.75 Å². The van der Waals surface area contributed by atoms with Gasteiger partial charge in [0.25, 0.3) is 5.69 Å². The molecule has 8 heteroatoms. The van der Waals surface area contributed by atoms with Gasteiger partial charge in [0, 0.05) is 17.8 Å². The lowest BCUT2D eigenvalue weighted by Gasteiger charge is -2.06. The Bertz CT molecular complexity index is 803. The molecule has 0 aliphatic rings. The molecule has 0 unspecified atom stereocenters. The molecular weight excluding hydrogens is 308 g/mol. The maximum atomic E-state index is 12.0. The van der Waals surface area contributed by atoms with Gasteiger partial charge in [0.15, 0.2) is 9.84 Å². The van der Waals surface area contributed by atoms with Crippen molar-refractivity contribution in [2.45, 2.75) is 4.90 Å². The van der Waals surface area contributed by atoms with Gasteiger partial charge in [0.05, 0.1) is 9.82 Å². The van der Waals surface area contributed by atoms with Crippen LogP contribution in [0.1, 0.15) is 0 Å². The third-order valence-corrected chi connectivity index (χ3v) is 4.40. The number of benzene rings is 2. The molecule has 0 heterocycles. The van der Waals surface area contributed by atoms with Gasteiger partial charge < -0.3 is 5.32 Å². The third kappa shape index (κ3) is 3.89. The normalized spacial score (nSPS) is 10.9. The first-order valence-corrected chi connectivity index (χ1v) is 7.86. The highest BCUT2D eigenvalue weighted by Crippen LogP contribution is 2.17. The van der Waals surface area contributed by atoms with E-state index >= 15 is 0 Å². The van der Waals surface area contributed by atoms with Crippen molar-refractivity contribution in [2.24, 2.45) is 0 Å². The number of hydrogen-bond acceptors (Lipinski definition) is 5. The fourth-order valence-electron chi connectivity index (χ4n) is 1.78. The van der Waals surface area contributed by atoms with E-state index in [4.69, 9.17) is 0 Å². The summed E-state index contributed by atoms with van der Waals surface area (Å²) < 4.78 is 24.1. The van der Waals surface area contributed by atoms with Crippen molar-refractivity contribution >= 4 is 27.1 Å². The van der Waals surface area contributed by atoms with Crippen molar-refractivity contribution in [3.63, 3.8) is 0 Å². The Labute approximate surface area is 126 Å². The van der Waals surface area contributed by atoms with Crippen LogP contribution in [0.4, 0.5) is 11.4 Å². The Kier molecular flexibility index (Phi) is 4.52. The Morgan fingerprint density at radius 2 is 1.77 bits per heavy atom. The quantitative estimate of drug-likeness (QED) is 0.670. The number of anilines is 1. The van der Waals surface area contributed by atoms with Crippen molar-refractivity contribution in [2.75, 3.05) is 11.1 Å². The van der Waals surface area contributed by atoms with E-state index in [1.807, 2.05) is 0 Å². The summed E-state index contributed by atoms with van der Waals surface area (Å²) in [6, 6.07) is 12.9. The average Bonchev–Trinajstić information content (AvgIpc) is 2.47. The molecule has 0 bridgehead atoms. The SMILES string of the molecule is O=C(CS(=O)(=O)c1ccccc1)Nc1cccc([N+](=O)[O-])c1. The second-order valence-electron chi connectivity index (χ2n) is 4.43. The number of rotatable bonds is 5. The van der Waals surface area contributed by atoms with Crippen LogP contribution >= 0.6 is 0 Å². The molecule has 2 aromatic carbocycles. The van der Waals surface area contributed by atoms with Gasteiger partial charge in [-0.25, -0.2) is 8.42 Å². The topological polar surface area (TPSA) is 106 Å². The number of amides is 1. The molecule has 0 radical (unpaired) electrons. The van der Waals surface area contributed by atoms with Gasteiger partial charge in [0.2, 0.25) is 5.91 Å². The Morgan fingerprint density at radius 3 is 2.41 bits per heavy atom. The molecule has 2 rings (SSSR count). The van der Waals surface area contributed by atoms with Crippen molar-refractivity contribution in [3.05, 3.63) is 64.7 Å². The first-order chi connectivity index (χ1) is 10.4. The van der Waals surface area contributed by atoms with Crippen LogP contribution in [0.5, 0.6) is 0 Å². The smallest absolute Gasteiger partial charge is 0.271 e.